The molecule has 0 aliphatic carbocycles. The van der Waals surface area contributed by atoms with Gasteiger partial charge in [-0.05, 0) is 36.8 Å². The molecule has 1 aliphatic rings. The Morgan fingerprint density at radius 3 is 2.52 bits per heavy atom. The molecule has 0 unspecified atom stereocenters. The molecule has 7 heteroatoms. The summed E-state index contributed by atoms with van der Waals surface area (Å²) >= 11 is 0. The highest BCUT2D eigenvalue weighted by Crippen LogP contribution is 2.30. The molecule has 0 saturated carbocycles. The molecule has 1 fully saturated rings. The van der Waals surface area contributed by atoms with Crippen LogP contribution in [0.4, 0.5) is 10.3 Å². The van der Waals surface area contributed by atoms with Gasteiger partial charge in [-0.3, -0.25) is 4.90 Å². The van der Waals surface area contributed by atoms with Crippen molar-refractivity contribution in [3.63, 3.8) is 0 Å². The molecule has 0 amide bonds. The van der Waals surface area contributed by atoms with Crippen molar-refractivity contribution >= 4 is 5.88 Å². The third kappa shape index (κ3) is 3.44. The van der Waals surface area contributed by atoms with E-state index in [2.05, 4.69) is 22.9 Å². The average Bonchev–Trinajstić information content (AvgIpc) is 3.37. The van der Waals surface area contributed by atoms with Crippen LogP contribution in [-0.2, 0) is 0 Å². The van der Waals surface area contributed by atoms with E-state index in [1.165, 1.54) is 12.1 Å². The molecule has 138 valence electrons. The largest absolute Gasteiger partial charge is 0.459 e. The number of rotatable bonds is 4. The fraction of sp³-hybridized carbons (Fsp3) is 0.300. The number of benzene rings is 1. The van der Waals surface area contributed by atoms with Crippen molar-refractivity contribution in [1.29, 1.82) is 5.26 Å². The topological polar surface area (TPSA) is 69.4 Å². The van der Waals surface area contributed by atoms with E-state index < -0.39 is 0 Å². The van der Waals surface area contributed by atoms with Crippen molar-refractivity contribution < 1.29 is 13.2 Å². The first-order chi connectivity index (χ1) is 13.2. The summed E-state index contributed by atoms with van der Waals surface area (Å²) < 4.78 is 24.3. The van der Waals surface area contributed by atoms with Crippen molar-refractivity contribution in [3.05, 3.63) is 59.7 Å². The number of nitrogens with zero attached hydrogens (tertiary/aromatic N) is 4. The van der Waals surface area contributed by atoms with Crippen LogP contribution in [-0.4, -0.2) is 36.1 Å². The monoisotopic (exact) mass is 366 g/mol. The molecular formula is C20H19FN4O2. The summed E-state index contributed by atoms with van der Waals surface area (Å²) in [7, 11) is 0. The highest BCUT2D eigenvalue weighted by Gasteiger charge is 2.27. The second kappa shape index (κ2) is 7.25. The molecule has 3 aromatic rings. The van der Waals surface area contributed by atoms with Gasteiger partial charge in [0, 0.05) is 32.2 Å². The zero-order valence-corrected chi connectivity index (χ0v) is 14.9. The van der Waals surface area contributed by atoms with Crippen molar-refractivity contribution in [1.82, 2.24) is 9.88 Å². The lowest BCUT2D eigenvalue weighted by molar-refractivity contribution is 0.196. The van der Waals surface area contributed by atoms with Crippen molar-refractivity contribution in [2.45, 2.75) is 13.0 Å². The van der Waals surface area contributed by atoms with E-state index in [0.29, 0.717) is 30.6 Å². The minimum absolute atomic E-state index is 0.191. The fourth-order valence-corrected chi connectivity index (χ4v) is 3.37. The lowest BCUT2D eigenvalue weighted by atomic mass is 10.1. The fourth-order valence-electron chi connectivity index (χ4n) is 3.37. The molecule has 0 bridgehead atoms. The van der Waals surface area contributed by atoms with Crippen LogP contribution in [0.25, 0.3) is 11.7 Å². The molecule has 0 N–H and O–H groups in total. The van der Waals surface area contributed by atoms with E-state index >= 15 is 0 Å². The maximum atomic E-state index is 13.1. The molecule has 3 heterocycles. The molecule has 0 spiro atoms. The molecule has 27 heavy (non-hydrogen) atoms. The molecule has 6 nitrogen and oxygen atoms in total. The predicted molar refractivity (Wildman–Crippen MR) is 97.5 cm³/mol. The first-order valence-electron chi connectivity index (χ1n) is 8.85. The van der Waals surface area contributed by atoms with Gasteiger partial charge in [0.05, 0.1) is 6.26 Å². The first kappa shape index (κ1) is 17.3. The van der Waals surface area contributed by atoms with Gasteiger partial charge in [0.25, 0.3) is 5.89 Å². The van der Waals surface area contributed by atoms with E-state index in [4.69, 9.17) is 8.83 Å². The Morgan fingerprint density at radius 1 is 1.15 bits per heavy atom. The van der Waals surface area contributed by atoms with Crippen LogP contribution in [0.1, 0.15) is 24.2 Å². The first-order valence-corrected chi connectivity index (χ1v) is 8.85. The number of halogens is 1. The number of piperazine rings is 1. The van der Waals surface area contributed by atoms with E-state index in [-0.39, 0.29) is 17.6 Å². The van der Waals surface area contributed by atoms with Gasteiger partial charge in [0.1, 0.15) is 11.9 Å². The summed E-state index contributed by atoms with van der Waals surface area (Å²) in [6.07, 6.45) is 1.54. The number of aromatic nitrogens is 1. The van der Waals surface area contributed by atoms with Crippen molar-refractivity contribution in [3.8, 4) is 17.7 Å². The van der Waals surface area contributed by atoms with Gasteiger partial charge in [-0.1, -0.05) is 12.1 Å². The van der Waals surface area contributed by atoms with E-state index in [0.717, 1.165) is 18.7 Å². The Balaban J connectivity index is 1.46. The SMILES string of the molecule is C[C@H](c1ccc(F)cc1)N1CCN(c2oc(-c3ccco3)nc2C#N)CC1. The van der Waals surface area contributed by atoms with Crippen LogP contribution < -0.4 is 4.90 Å². The maximum absolute atomic E-state index is 13.1. The minimum atomic E-state index is -0.225. The zero-order valence-electron chi connectivity index (χ0n) is 14.9. The normalized spacial score (nSPS) is 16.3. The number of oxazole rings is 1. The molecule has 1 saturated heterocycles. The van der Waals surface area contributed by atoms with Crippen LogP contribution in [0.5, 0.6) is 0 Å². The lowest BCUT2D eigenvalue weighted by Gasteiger charge is -2.38. The van der Waals surface area contributed by atoms with Gasteiger partial charge in [0.2, 0.25) is 11.6 Å². The number of nitriles is 1. The van der Waals surface area contributed by atoms with Crippen LogP contribution in [0, 0.1) is 17.1 Å². The van der Waals surface area contributed by atoms with Gasteiger partial charge in [0.15, 0.2) is 5.76 Å². The molecule has 1 atom stereocenters. The van der Waals surface area contributed by atoms with Gasteiger partial charge in [-0.25, -0.2) is 4.39 Å². The summed E-state index contributed by atoms with van der Waals surface area (Å²) in [4.78, 5) is 8.61. The van der Waals surface area contributed by atoms with Gasteiger partial charge >= 0.3 is 0 Å². The molecule has 4 rings (SSSR count). The second-order valence-electron chi connectivity index (χ2n) is 6.51. The summed E-state index contributed by atoms with van der Waals surface area (Å²) in [6.45, 7) is 5.16. The van der Waals surface area contributed by atoms with Gasteiger partial charge in [-0.2, -0.15) is 10.2 Å². The van der Waals surface area contributed by atoms with Gasteiger partial charge < -0.3 is 13.7 Å². The standard InChI is InChI=1S/C20H19FN4O2/c1-14(15-4-6-16(21)7-5-15)24-8-10-25(11-9-24)20-17(13-22)23-19(27-20)18-3-2-12-26-18/h2-7,12,14H,8-11H2,1H3/t14-/m1/s1. The minimum Gasteiger partial charge on any atom is -0.459 e. The molecule has 1 aliphatic heterocycles. The Kier molecular flexibility index (Phi) is 4.65. The molecule has 2 aromatic heterocycles. The summed E-state index contributed by atoms with van der Waals surface area (Å²) in [6, 6.07) is 12.4. The highest BCUT2D eigenvalue weighted by atomic mass is 19.1. The van der Waals surface area contributed by atoms with E-state index in [1.807, 2.05) is 17.0 Å². The quantitative estimate of drug-likeness (QED) is 0.699. The Labute approximate surface area is 156 Å². The molecule has 1 aromatic carbocycles. The Morgan fingerprint density at radius 2 is 1.89 bits per heavy atom. The number of furan rings is 1. The maximum Gasteiger partial charge on any atom is 0.266 e. The van der Waals surface area contributed by atoms with Crippen molar-refractivity contribution in [2.75, 3.05) is 31.1 Å². The molecule has 0 radical (unpaired) electrons. The third-order valence-corrected chi connectivity index (χ3v) is 4.95. The summed E-state index contributed by atoms with van der Waals surface area (Å²) in [5, 5.41) is 9.40. The lowest BCUT2D eigenvalue weighted by Crippen LogP contribution is -2.47. The number of hydrogen-bond donors (Lipinski definition) is 0. The van der Waals surface area contributed by atoms with E-state index in [1.54, 1.807) is 18.4 Å². The Bertz CT molecular complexity index is 936. The van der Waals surface area contributed by atoms with Crippen LogP contribution in [0.15, 0.2) is 51.5 Å². The smallest absolute Gasteiger partial charge is 0.266 e. The number of hydrogen-bond acceptors (Lipinski definition) is 6. The van der Waals surface area contributed by atoms with Crippen LogP contribution >= 0.6 is 0 Å². The summed E-state index contributed by atoms with van der Waals surface area (Å²) in [5.41, 5.74) is 1.35. The van der Waals surface area contributed by atoms with Crippen LogP contribution in [0.3, 0.4) is 0 Å². The van der Waals surface area contributed by atoms with E-state index in [9.17, 15) is 9.65 Å². The zero-order chi connectivity index (χ0) is 18.8. The Hall–Kier alpha value is -3.11. The summed E-state index contributed by atoms with van der Waals surface area (Å²) in [5.74, 6) is 1.07. The second-order valence-corrected chi connectivity index (χ2v) is 6.51. The average molecular weight is 366 g/mol. The highest BCUT2D eigenvalue weighted by molar-refractivity contribution is 5.55. The third-order valence-electron chi connectivity index (χ3n) is 4.95. The number of anilines is 1. The predicted octanol–water partition coefficient (Wildman–Crippen LogP) is 3.83. The molecular weight excluding hydrogens is 347 g/mol. The van der Waals surface area contributed by atoms with Crippen molar-refractivity contribution in [2.24, 2.45) is 0 Å². The van der Waals surface area contributed by atoms with Crippen LogP contribution in [0.2, 0.25) is 0 Å². The van der Waals surface area contributed by atoms with Gasteiger partial charge in [-0.15, -0.1) is 0 Å².